The predicted molar refractivity (Wildman–Crippen MR) is 74.3 cm³/mol. The third-order valence-corrected chi connectivity index (χ3v) is 4.85. The molecular formula is C15H21ClFN. The van der Waals surface area contributed by atoms with Crippen LogP contribution in [0, 0.1) is 11.2 Å². The molecule has 1 fully saturated rings. The second-order valence-corrected chi connectivity index (χ2v) is 6.54. The van der Waals surface area contributed by atoms with Crippen molar-refractivity contribution in [3.63, 3.8) is 0 Å². The van der Waals surface area contributed by atoms with Gasteiger partial charge in [0.2, 0.25) is 0 Å². The van der Waals surface area contributed by atoms with E-state index in [-0.39, 0.29) is 21.8 Å². The van der Waals surface area contributed by atoms with Gasteiger partial charge in [0, 0.05) is 5.54 Å². The van der Waals surface area contributed by atoms with Gasteiger partial charge in [-0.1, -0.05) is 50.4 Å². The predicted octanol–water partition coefficient (Wildman–Crippen LogP) is 4.32. The van der Waals surface area contributed by atoms with Gasteiger partial charge in [0.15, 0.2) is 0 Å². The van der Waals surface area contributed by atoms with Gasteiger partial charge in [-0.25, -0.2) is 4.39 Å². The third-order valence-electron chi connectivity index (χ3n) is 4.56. The SMILES string of the molecule is CC1(C)CCCCC1(N)Cc1cccc(Cl)c1F. The van der Waals surface area contributed by atoms with E-state index >= 15 is 0 Å². The molecule has 0 spiro atoms. The van der Waals surface area contributed by atoms with Crippen LogP contribution >= 0.6 is 11.6 Å². The molecule has 18 heavy (non-hydrogen) atoms. The summed E-state index contributed by atoms with van der Waals surface area (Å²) in [4.78, 5) is 0. The molecule has 0 aliphatic heterocycles. The Balaban J connectivity index is 2.29. The highest BCUT2D eigenvalue weighted by Gasteiger charge is 2.43. The van der Waals surface area contributed by atoms with Crippen molar-refractivity contribution in [1.29, 1.82) is 0 Å². The standard InChI is InChI=1S/C15H21ClFN/c1-14(2)8-3-4-9-15(14,18)10-11-6-5-7-12(16)13(11)17/h5-7H,3-4,8-10,18H2,1-2H3. The largest absolute Gasteiger partial charge is 0.324 e. The molecule has 0 saturated heterocycles. The highest BCUT2D eigenvalue weighted by molar-refractivity contribution is 6.30. The van der Waals surface area contributed by atoms with E-state index in [2.05, 4.69) is 13.8 Å². The van der Waals surface area contributed by atoms with Gasteiger partial charge in [-0.2, -0.15) is 0 Å². The first-order valence-corrected chi connectivity index (χ1v) is 6.95. The van der Waals surface area contributed by atoms with Gasteiger partial charge in [-0.3, -0.25) is 0 Å². The fraction of sp³-hybridized carbons (Fsp3) is 0.600. The minimum atomic E-state index is -0.337. The lowest BCUT2D eigenvalue weighted by Crippen LogP contribution is -2.56. The molecule has 1 nitrogen and oxygen atoms in total. The van der Waals surface area contributed by atoms with Crippen molar-refractivity contribution >= 4 is 11.6 Å². The van der Waals surface area contributed by atoms with Crippen molar-refractivity contribution in [3.05, 3.63) is 34.6 Å². The van der Waals surface area contributed by atoms with Crippen LogP contribution in [-0.4, -0.2) is 5.54 Å². The maximum atomic E-state index is 14.0. The molecular weight excluding hydrogens is 249 g/mol. The number of halogens is 2. The molecule has 1 aromatic carbocycles. The zero-order valence-corrected chi connectivity index (χ0v) is 11.9. The quantitative estimate of drug-likeness (QED) is 0.850. The Kier molecular flexibility index (Phi) is 3.70. The average molecular weight is 270 g/mol. The van der Waals surface area contributed by atoms with Gasteiger partial charge in [0.25, 0.3) is 0 Å². The van der Waals surface area contributed by atoms with Crippen LogP contribution in [0.15, 0.2) is 18.2 Å². The Morgan fingerprint density at radius 3 is 2.61 bits per heavy atom. The van der Waals surface area contributed by atoms with Gasteiger partial charge in [0.05, 0.1) is 5.02 Å². The number of nitrogens with two attached hydrogens (primary N) is 1. The number of benzene rings is 1. The summed E-state index contributed by atoms with van der Waals surface area (Å²) in [6, 6.07) is 5.16. The molecule has 0 aromatic heterocycles. The summed E-state index contributed by atoms with van der Waals surface area (Å²) in [6.45, 7) is 4.38. The summed E-state index contributed by atoms with van der Waals surface area (Å²) < 4.78 is 14.0. The second kappa shape index (κ2) is 4.82. The third kappa shape index (κ3) is 2.41. The molecule has 1 atom stereocenters. The molecule has 0 amide bonds. The molecule has 3 heteroatoms. The first kappa shape index (κ1) is 13.8. The first-order valence-electron chi connectivity index (χ1n) is 6.57. The van der Waals surface area contributed by atoms with E-state index in [1.807, 2.05) is 0 Å². The summed E-state index contributed by atoms with van der Waals surface area (Å²) in [5.74, 6) is -0.314. The normalized spacial score (nSPS) is 27.2. The smallest absolute Gasteiger partial charge is 0.145 e. The molecule has 2 rings (SSSR count). The maximum Gasteiger partial charge on any atom is 0.145 e. The zero-order chi connectivity index (χ0) is 13.4. The zero-order valence-electron chi connectivity index (χ0n) is 11.1. The molecule has 1 aromatic rings. The van der Waals surface area contributed by atoms with E-state index in [9.17, 15) is 4.39 Å². The molecule has 1 aliphatic rings. The number of rotatable bonds is 2. The molecule has 2 N–H and O–H groups in total. The van der Waals surface area contributed by atoms with Crippen LogP contribution in [0.1, 0.15) is 45.1 Å². The summed E-state index contributed by atoms with van der Waals surface area (Å²) in [7, 11) is 0. The summed E-state index contributed by atoms with van der Waals surface area (Å²) in [6.07, 6.45) is 4.95. The lowest BCUT2D eigenvalue weighted by molar-refractivity contribution is 0.0982. The van der Waals surface area contributed by atoms with Crippen LogP contribution in [0.4, 0.5) is 4.39 Å². The molecule has 0 heterocycles. The van der Waals surface area contributed by atoms with E-state index in [1.165, 1.54) is 6.42 Å². The fourth-order valence-electron chi connectivity index (χ4n) is 2.95. The fourth-order valence-corrected chi connectivity index (χ4v) is 3.14. The van der Waals surface area contributed by atoms with Crippen LogP contribution in [0.2, 0.25) is 5.02 Å². The van der Waals surface area contributed by atoms with Crippen molar-refractivity contribution < 1.29 is 4.39 Å². The van der Waals surface area contributed by atoms with Gasteiger partial charge in [-0.05, 0) is 36.3 Å². The van der Waals surface area contributed by atoms with E-state index in [1.54, 1.807) is 18.2 Å². The number of hydrogen-bond donors (Lipinski definition) is 1. The van der Waals surface area contributed by atoms with Crippen LogP contribution < -0.4 is 5.73 Å². The first-order chi connectivity index (χ1) is 8.36. The Morgan fingerprint density at radius 2 is 1.94 bits per heavy atom. The van der Waals surface area contributed by atoms with Crippen LogP contribution in [0.3, 0.4) is 0 Å². The van der Waals surface area contributed by atoms with Gasteiger partial charge < -0.3 is 5.73 Å². The monoisotopic (exact) mass is 269 g/mol. The van der Waals surface area contributed by atoms with Gasteiger partial charge in [-0.15, -0.1) is 0 Å². The lowest BCUT2D eigenvalue weighted by Gasteiger charge is -2.48. The topological polar surface area (TPSA) is 26.0 Å². The highest BCUT2D eigenvalue weighted by Crippen LogP contribution is 2.44. The van der Waals surface area contributed by atoms with E-state index in [0.29, 0.717) is 12.0 Å². The van der Waals surface area contributed by atoms with Crippen molar-refractivity contribution in [3.8, 4) is 0 Å². The molecule has 1 aliphatic carbocycles. The van der Waals surface area contributed by atoms with Crippen molar-refractivity contribution in [2.75, 3.05) is 0 Å². The van der Waals surface area contributed by atoms with Crippen molar-refractivity contribution in [2.45, 2.75) is 51.5 Å². The molecule has 1 unspecified atom stereocenters. The van der Waals surface area contributed by atoms with Crippen LogP contribution in [0.25, 0.3) is 0 Å². The summed E-state index contributed by atoms with van der Waals surface area (Å²) >= 11 is 5.83. The minimum absolute atomic E-state index is 0.0417. The molecule has 0 radical (unpaired) electrons. The summed E-state index contributed by atoms with van der Waals surface area (Å²) in [5.41, 5.74) is 6.92. The Hall–Kier alpha value is -0.600. The molecule has 1 saturated carbocycles. The minimum Gasteiger partial charge on any atom is -0.324 e. The average Bonchev–Trinajstić information content (AvgIpc) is 2.29. The van der Waals surface area contributed by atoms with Crippen molar-refractivity contribution in [1.82, 2.24) is 0 Å². The van der Waals surface area contributed by atoms with E-state index < -0.39 is 0 Å². The second-order valence-electron chi connectivity index (χ2n) is 6.14. The maximum absolute atomic E-state index is 14.0. The van der Waals surface area contributed by atoms with Gasteiger partial charge in [0.1, 0.15) is 5.82 Å². The Bertz CT molecular complexity index is 444. The van der Waals surface area contributed by atoms with Crippen LogP contribution in [0.5, 0.6) is 0 Å². The number of hydrogen-bond acceptors (Lipinski definition) is 1. The van der Waals surface area contributed by atoms with Crippen LogP contribution in [-0.2, 0) is 6.42 Å². The Labute approximate surface area is 114 Å². The molecule has 100 valence electrons. The van der Waals surface area contributed by atoms with Crippen molar-refractivity contribution in [2.24, 2.45) is 11.1 Å². The van der Waals surface area contributed by atoms with E-state index in [0.717, 1.165) is 19.3 Å². The van der Waals surface area contributed by atoms with E-state index in [4.69, 9.17) is 17.3 Å². The highest BCUT2D eigenvalue weighted by atomic mass is 35.5. The molecule has 0 bridgehead atoms. The Morgan fingerprint density at radius 1 is 1.28 bits per heavy atom. The lowest BCUT2D eigenvalue weighted by atomic mass is 9.61. The summed E-state index contributed by atoms with van der Waals surface area (Å²) in [5, 5.41) is 0.185. The van der Waals surface area contributed by atoms with Gasteiger partial charge >= 0.3 is 0 Å².